The van der Waals surface area contributed by atoms with Gasteiger partial charge in [-0.2, -0.15) is 0 Å². The van der Waals surface area contributed by atoms with Gasteiger partial charge in [0.2, 0.25) is 0 Å². The van der Waals surface area contributed by atoms with Crippen LogP contribution in [-0.2, 0) is 15.9 Å². The molecule has 6 heteroatoms. The molecule has 1 saturated heterocycles. The van der Waals surface area contributed by atoms with Crippen LogP contribution in [0.25, 0.3) is 0 Å². The van der Waals surface area contributed by atoms with Gasteiger partial charge in [0.1, 0.15) is 6.61 Å². The number of rotatable bonds is 7. The van der Waals surface area contributed by atoms with Gasteiger partial charge in [0.25, 0.3) is 0 Å². The molecule has 150 valence electrons. The number of nitrogens with two attached hydrogens (primary N) is 1. The van der Waals surface area contributed by atoms with Crippen LogP contribution in [0.3, 0.4) is 0 Å². The van der Waals surface area contributed by atoms with E-state index in [0.717, 1.165) is 11.1 Å². The van der Waals surface area contributed by atoms with Crippen LogP contribution in [0.1, 0.15) is 51.7 Å². The van der Waals surface area contributed by atoms with E-state index in [1.54, 1.807) is 0 Å². The molecule has 1 heterocycles. The number of ether oxygens (including phenoxy) is 2. The van der Waals surface area contributed by atoms with Gasteiger partial charge in [0, 0.05) is 0 Å². The van der Waals surface area contributed by atoms with Crippen molar-refractivity contribution < 1.29 is 18.8 Å². The normalized spacial score (nSPS) is 18.7. The van der Waals surface area contributed by atoms with Crippen LogP contribution in [0.4, 0.5) is 0 Å². The Bertz CT molecular complexity index is 778. The molecule has 1 atom stereocenters. The van der Waals surface area contributed by atoms with Crippen LogP contribution in [-0.4, -0.2) is 24.9 Å². The maximum Gasteiger partial charge on any atom is 0.480 e. The average molecular weight is 383 g/mol. The molecule has 0 bridgehead atoms. The van der Waals surface area contributed by atoms with Crippen molar-refractivity contribution in [1.29, 1.82) is 0 Å². The summed E-state index contributed by atoms with van der Waals surface area (Å²) in [4.78, 5) is 0. The first-order valence-corrected chi connectivity index (χ1v) is 9.78. The third-order valence-electron chi connectivity index (χ3n) is 5.45. The van der Waals surface area contributed by atoms with Crippen molar-refractivity contribution in [2.75, 3.05) is 6.61 Å². The fourth-order valence-corrected chi connectivity index (χ4v) is 3.05. The van der Waals surface area contributed by atoms with Gasteiger partial charge in [-0.05, 0) is 57.9 Å². The van der Waals surface area contributed by atoms with Gasteiger partial charge in [-0.15, -0.1) is 0 Å². The Morgan fingerprint density at radius 3 is 2.18 bits per heavy atom. The minimum absolute atomic E-state index is 0.420. The van der Waals surface area contributed by atoms with E-state index in [4.69, 9.17) is 24.5 Å². The lowest BCUT2D eigenvalue weighted by molar-refractivity contribution is 0.00578. The number of hydrogen-bond donors (Lipinski definition) is 1. The Hall–Kier alpha value is -2.02. The van der Waals surface area contributed by atoms with Crippen molar-refractivity contribution in [2.45, 2.75) is 58.4 Å². The highest BCUT2D eigenvalue weighted by Crippen LogP contribution is 2.40. The maximum atomic E-state index is 6.48. The lowest BCUT2D eigenvalue weighted by Gasteiger charge is -2.32. The Morgan fingerprint density at radius 2 is 1.57 bits per heavy atom. The van der Waals surface area contributed by atoms with Gasteiger partial charge in [-0.1, -0.05) is 36.4 Å². The van der Waals surface area contributed by atoms with E-state index in [0.29, 0.717) is 24.7 Å². The van der Waals surface area contributed by atoms with Crippen LogP contribution in [0, 0.1) is 0 Å². The van der Waals surface area contributed by atoms with Crippen LogP contribution in [0.5, 0.6) is 11.5 Å². The molecule has 0 aliphatic carbocycles. The van der Waals surface area contributed by atoms with Gasteiger partial charge in [-0.3, -0.25) is 0 Å². The fourth-order valence-electron chi connectivity index (χ4n) is 3.05. The first-order chi connectivity index (χ1) is 13.2. The molecular formula is C22H30BNO4. The summed E-state index contributed by atoms with van der Waals surface area (Å²) < 4.78 is 24.0. The van der Waals surface area contributed by atoms with Crippen molar-refractivity contribution in [2.24, 2.45) is 5.73 Å². The summed E-state index contributed by atoms with van der Waals surface area (Å²) in [6.07, 6.45) is 0. The Labute approximate surface area is 168 Å². The van der Waals surface area contributed by atoms with E-state index < -0.39 is 24.3 Å². The van der Waals surface area contributed by atoms with Crippen molar-refractivity contribution in [3.05, 3.63) is 59.7 Å². The predicted octanol–water partition coefficient (Wildman–Crippen LogP) is 4.30. The molecule has 5 nitrogen and oxygen atoms in total. The second-order valence-electron chi connectivity index (χ2n) is 8.06. The van der Waals surface area contributed by atoms with Crippen LogP contribution >= 0.6 is 0 Å². The lowest BCUT2D eigenvalue weighted by atomic mass is 9.75. The molecule has 0 aromatic heterocycles. The standard InChI is InChI=1S/C22H30BNO4/c1-6-25-19-14-17(20(24)23-27-21(2,3)22(4,5)28-23)12-13-18(19)26-15-16-10-8-7-9-11-16/h7-14,20H,6,15,24H2,1-5H3/t20-/m0/s1. The van der Waals surface area contributed by atoms with Gasteiger partial charge < -0.3 is 24.5 Å². The molecule has 2 aromatic carbocycles. The number of benzene rings is 2. The molecule has 2 aromatic rings. The second-order valence-corrected chi connectivity index (χ2v) is 8.06. The van der Waals surface area contributed by atoms with E-state index in [1.807, 2.05) is 83.1 Å². The third kappa shape index (κ3) is 4.35. The molecule has 0 saturated carbocycles. The van der Waals surface area contributed by atoms with Crippen LogP contribution < -0.4 is 15.2 Å². The highest BCUT2D eigenvalue weighted by molar-refractivity contribution is 6.47. The zero-order valence-corrected chi connectivity index (χ0v) is 17.4. The van der Waals surface area contributed by atoms with Gasteiger partial charge in [0.15, 0.2) is 11.5 Å². The molecule has 3 rings (SSSR count). The third-order valence-corrected chi connectivity index (χ3v) is 5.45. The van der Waals surface area contributed by atoms with E-state index in [2.05, 4.69) is 0 Å². The molecule has 0 spiro atoms. The highest BCUT2D eigenvalue weighted by atomic mass is 16.7. The van der Waals surface area contributed by atoms with Crippen molar-refractivity contribution >= 4 is 7.12 Å². The Morgan fingerprint density at radius 1 is 0.929 bits per heavy atom. The molecule has 0 unspecified atom stereocenters. The average Bonchev–Trinajstić information content (AvgIpc) is 2.88. The Kier molecular flexibility index (Phi) is 6.03. The summed E-state index contributed by atoms with van der Waals surface area (Å²) in [6.45, 7) is 11.0. The van der Waals surface area contributed by atoms with Crippen molar-refractivity contribution in [3.63, 3.8) is 0 Å². The van der Waals surface area contributed by atoms with Gasteiger partial charge >= 0.3 is 7.12 Å². The van der Waals surface area contributed by atoms with E-state index in [9.17, 15) is 0 Å². The van der Waals surface area contributed by atoms with Crippen LogP contribution in [0.2, 0.25) is 0 Å². The zero-order chi connectivity index (χ0) is 20.4. The quantitative estimate of drug-likeness (QED) is 0.723. The summed E-state index contributed by atoms with van der Waals surface area (Å²) in [6, 6.07) is 15.8. The summed E-state index contributed by atoms with van der Waals surface area (Å²) in [5.74, 6) is 0.932. The molecule has 1 aliphatic rings. The van der Waals surface area contributed by atoms with Gasteiger partial charge in [0.05, 0.1) is 23.8 Å². The summed E-state index contributed by atoms with van der Waals surface area (Å²) in [5.41, 5.74) is 7.62. The van der Waals surface area contributed by atoms with Crippen LogP contribution in [0.15, 0.2) is 48.5 Å². The monoisotopic (exact) mass is 383 g/mol. The highest BCUT2D eigenvalue weighted by Gasteiger charge is 2.53. The molecule has 1 fully saturated rings. The minimum atomic E-state index is -0.518. The number of hydrogen-bond acceptors (Lipinski definition) is 5. The summed E-state index contributed by atoms with van der Waals surface area (Å²) >= 11 is 0. The van der Waals surface area contributed by atoms with Gasteiger partial charge in [-0.25, -0.2) is 0 Å². The lowest BCUT2D eigenvalue weighted by Crippen LogP contribution is -2.41. The first kappa shape index (κ1) is 20.7. The maximum absolute atomic E-state index is 6.48. The zero-order valence-electron chi connectivity index (χ0n) is 17.4. The van der Waals surface area contributed by atoms with E-state index >= 15 is 0 Å². The van der Waals surface area contributed by atoms with Crippen molar-refractivity contribution in [1.82, 2.24) is 0 Å². The molecule has 0 radical (unpaired) electrons. The molecule has 0 amide bonds. The summed E-state index contributed by atoms with van der Waals surface area (Å²) in [5, 5.41) is 0. The SMILES string of the molecule is CCOc1cc([C@H](N)B2OC(C)(C)C(C)(C)O2)ccc1OCc1ccccc1. The largest absolute Gasteiger partial charge is 0.490 e. The first-order valence-electron chi connectivity index (χ1n) is 9.78. The van der Waals surface area contributed by atoms with E-state index in [1.165, 1.54) is 0 Å². The fraction of sp³-hybridized carbons (Fsp3) is 0.455. The minimum Gasteiger partial charge on any atom is -0.490 e. The topological polar surface area (TPSA) is 62.9 Å². The molecule has 2 N–H and O–H groups in total. The molecule has 28 heavy (non-hydrogen) atoms. The molecular weight excluding hydrogens is 353 g/mol. The predicted molar refractivity (Wildman–Crippen MR) is 111 cm³/mol. The van der Waals surface area contributed by atoms with E-state index in [-0.39, 0.29) is 0 Å². The Balaban J connectivity index is 1.76. The molecule has 1 aliphatic heterocycles. The smallest absolute Gasteiger partial charge is 0.480 e. The summed E-state index contributed by atoms with van der Waals surface area (Å²) in [7, 11) is -0.518. The second kappa shape index (κ2) is 8.15. The van der Waals surface area contributed by atoms with Crippen molar-refractivity contribution in [3.8, 4) is 11.5 Å².